The molecule has 5 nitrogen and oxygen atoms in total. The molecule has 0 saturated heterocycles. The molecule has 0 aliphatic rings. The number of rotatable bonds is 5. The number of ether oxygens (including phenoxy) is 2. The number of halogens is 1. The zero-order chi connectivity index (χ0) is 19.5. The van der Waals surface area contributed by atoms with E-state index in [1.165, 1.54) is 14.2 Å². The van der Waals surface area contributed by atoms with Crippen LogP contribution in [0.1, 0.15) is 38.0 Å². The van der Waals surface area contributed by atoms with E-state index in [0.29, 0.717) is 33.3 Å². The first kappa shape index (κ1) is 20.1. The Balaban J connectivity index is 2.50. The van der Waals surface area contributed by atoms with Crippen molar-refractivity contribution in [3.63, 3.8) is 0 Å². The highest BCUT2D eigenvalue weighted by atomic mass is 35.5. The van der Waals surface area contributed by atoms with Gasteiger partial charge in [-0.2, -0.15) is 0 Å². The Bertz CT molecular complexity index is 799. The maximum absolute atomic E-state index is 12.4. The third-order valence-electron chi connectivity index (χ3n) is 3.97. The van der Waals surface area contributed by atoms with Crippen LogP contribution in [0.15, 0.2) is 36.4 Å². The highest BCUT2D eigenvalue weighted by Crippen LogP contribution is 2.39. The van der Waals surface area contributed by atoms with Gasteiger partial charge in [-0.15, -0.1) is 0 Å². The second-order valence-corrected chi connectivity index (χ2v) is 7.36. The molecule has 0 aliphatic heterocycles. The molecule has 26 heavy (non-hydrogen) atoms. The maximum atomic E-state index is 12.4. The molecule has 0 spiro atoms. The lowest BCUT2D eigenvalue weighted by atomic mass is 9.94. The monoisotopic (exact) mass is 377 g/mol. The average molecular weight is 378 g/mol. The van der Waals surface area contributed by atoms with Crippen LogP contribution < -0.4 is 14.8 Å². The van der Waals surface area contributed by atoms with E-state index in [9.17, 15) is 9.90 Å². The summed E-state index contributed by atoms with van der Waals surface area (Å²) in [5.41, 5.74) is 0.909. The van der Waals surface area contributed by atoms with Gasteiger partial charge in [0.2, 0.25) is 5.91 Å². The molecule has 0 aliphatic carbocycles. The number of hydrogen-bond acceptors (Lipinski definition) is 4. The number of amides is 1. The molecule has 1 atom stereocenters. The Kier molecular flexibility index (Phi) is 6.16. The molecule has 2 aromatic carbocycles. The highest BCUT2D eigenvalue weighted by molar-refractivity contribution is 6.31. The number of para-hydroxylation sites is 1. The summed E-state index contributed by atoms with van der Waals surface area (Å²) in [6.45, 7) is 5.44. The van der Waals surface area contributed by atoms with Crippen molar-refractivity contribution in [2.45, 2.75) is 26.9 Å². The number of nitrogens with one attached hydrogen (secondary N) is 1. The summed E-state index contributed by atoms with van der Waals surface area (Å²) >= 11 is 6.09. The second-order valence-electron chi connectivity index (χ2n) is 6.92. The lowest BCUT2D eigenvalue weighted by molar-refractivity contribution is -0.123. The Labute approximate surface area is 158 Å². The molecule has 6 heteroatoms. The van der Waals surface area contributed by atoms with E-state index in [1.807, 2.05) is 20.8 Å². The van der Waals surface area contributed by atoms with Gasteiger partial charge in [0.15, 0.2) is 11.5 Å². The largest absolute Gasteiger partial charge is 0.493 e. The van der Waals surface area contributed by atoms with E-state index in [0.717, 1.165) is 0 Å². The number of methoxy groups -OCH3 is 2. The molecule has 2 aromatic rings. The van der Waals surface area contributed by atoms with Gasteiger partial charge >= 0.3 is 0 Å². The van der Waals surface area contributed by atoms with Gasteiger partial charge in [-0.25, -0.2) is 0 Å². The van der Waals surface area contributed by atoms with Gasteiger partial charge in [0.05, 0.1) is 14.2 Å². The van der Waals surface area contributed by atoms with E-state index in [2.05, 4.69) is 5.32 Å². The van der Waals surface area contributed by atoms with Crippen molar-refractivity contribution in [2.75, 3.05) is 19.5 Å². The van der Waals surface area contributed by atoms with Crippen molar-refractivity contribution >= 4 is 23.2 Å². The van der Waals surface area contributed by atoms with E-state index < -0.39 is 11.5 Å². The van der Waals surface area contributed by atoms with Gasteiger partial charge in [0, 0.05) is 27.3 Å². The average Bonchev–Trinajstić information content (AvgIpc) is 2.59. The van der Waals surface area contributed by atoms with Crippen molar-refractivity contribution in [3.05, 3.63) is 52.5 Å². The summed E-state index contributed by atoms with van der Waals surface area (Å²) < 4.78 is 10.7. The summed E-state index contributed by atoms with van der Waals surface area (Å²) in [6, 6.07) is 10.2. The predicted octanol–water partition coefficient (Wildman–Crippen LogP) is 4.42. The number of carbonyl (C=O) groups is 1. The molecule has 1 unspecified atom stereocenters. The minimum Gasteiger partial charge on any atom is -0.493 e. The highest BCUT2D eigenvalue weighted by Gasteiger charge is 2.25. The normalized spacial score (nSPS) is 12.4. The Hall–Kier alpha value is -2.24. The van der Waals surface area contributed by atoms with Crippen LogP contribution in [0.25, 0.3) is 0 Å². The fourth-order valence-electron chi connectivity index (χ4n) is 2.48. The van der Waals surface area contributed by atoms with Crippen LogP contribution in [0.2, 0.25) is 5.02 Å². The van der Waals surface area contributed by atoms with Gasteiger partial charge < -0.3 is 19.9 Å². The molecule has 140 valence electrons. The molecular formula is C20H24ClNO4. The van der Waals surface area contributed by atoms with Gasteiger partial charge in [0.1, 0.15) is 6.10 Å². The standard InChI is InChI=1S/C20H24ClNO4/c1-20(2,3)19(24)22-15-11-12(21)9-10-13(15)17(23)14-7-6-8-16(25-4)18(14)26-5/h6-11,17,23H,1-5H3,(H,22,24). The summed E-state index contributed by atoms with van der Waals surface area (Å²) in [5, 5.41) is 14.3. The van der Waals surface area contributed by atoms with Crippen molar-refractivity contribution in [3.8, 4) is 11.5 Å². The van der Waals surface area contributed by atoms with E-state index in [-0.39, 0.29) is 5.91 Å². The zero-order valence-electron chi connectivity index (χ0n) is 15.6. The molecule has 1 amide bonds. The number of benzene rings is 2. The van der Waals surface area contributed by atoms with Gasteiger partial charge in [0.25, 0.3) is 0 Å². The van der Waals surface area contributed by atoms with Crippen molar-refractivity contribution in [1.82, 2.24) is 0 Å². The molecule has 0 saturated carbocycles. The summed E-state index contributed by atoms with van der Waals surface area (Å²) in [5.74, 6) is 0.773. The van der Waals surface area contributed by atoms with Crippen LogP contribution in [0, 0.1) is 5.41 Å². The Morgan fingerprint density at radius 1 is 1.12 bits per heavy atom. The summed E-state index contributed by atoms with van der Waals surface area (Å²) in [7, 11) is 3.05. The number of aliphatic hydroxyl groups is 1. The molecule has 2 N–H and O–H groups in total. The molecule has 0 aromatic heterocycles. The lowest BCUT2D eigenvalue weighted by Crippen LogP contribution is -2.28. The molecule has 0 radical (unpaired) electrons. The van der Waals surface area contributed by atoms with Crippen LogP contribution in [0.3, 0.4) is 0 Å². The Morgan fingerprint density at radius 3 is 2.38 bits per heavy atom. The first-order valence-corrected chi connectivity index (χ1v) is 8.56. The predicted molar refractivity (Wildman–Crippen MR) is 103 cm³/mol. The van der Waals surface area contributed by atoms with Gasteiger partial charge in [-0.05, 0) is 18.2 Å². The fourth-order valence-corrected chi connectivity index (χ4v) is 2.65. The molecule has 2 rings (SSSR count). The number of hydrogen-bond donors (Lipinski definition) is 2. The van der Waals surface area contributed by atoms with Gasteiger partial charge in [-0.1, -0.05) is 50.6 Å². The fraction of sp³-hybridized carbons (Fsp3) is 0.350. The SMILES string of the molecule is COc1cccc(C(O)c2ccc(Cl)cc2NC(=O)C(C)(C)C)c1OC. The number of carbonyl (C=O) groups excluding carboxylic acids is 1. The lowest BCUT2D eigenvalue weighted by Gasteiger charge is -2.23. The first-order chi connectivity index (χ1) is 12.2. The summed E-state index contributed by atoms with van der Waals surface area (Å²) in [4.78, 5) is 12.4. The number of aliphatic hydroxyl groups excluding tert-OH is 1. The minimum atomic E-state index is -1.03. The third-order valence-corrected chi connectivity index (χ3v) is 4.20. The van der Waals surface area contributed by atoms with Crippen LogP contribution in [-0.4, -0.2) is 25.2 Å². The topological polar surface area (TPSA) is 67.8 Å². The molecular weight excluding hydrogens is 354 g/mol. The molecule has 0 heterocycles. The van der Waals surface area contributed by atoms with E-state index >= 15 is 0 Å². The second kappa shape index (κ2) is 7.98. The maximum Gasteiger partial charge on any atom is 0.229 e. The first-order valence-electron chi connectivity index (χ1n) is 8.19. The van der Waals surface area contributed by atoms with Crippen LogP contribution in [0.4, 0.5) is 5.69 Å². The zero-order valence-corrected chi connectivity index (χ0v) is 16.3. The molecule has 0 bridgehead atoms. The van der Waals surface area contributed by atoms with Crippen LogP contribution in [0.5, 0.6) is 11.5 Å². The van der Waals surface area contributed by atoms with Crippen LogP contribution >= 0.6 is 11.6 Å². The van der Waals surface area contributed by atoms with Gasteiger partial charge in [-0.3, -0.25) is 4.79 Å². The van der Waals surface area contributed by atoms with Crippen LogP contribution in [-0.2, 0) is 4.79 Å². The van der Waals surface area contributed by atoms with Crippen molar-refractivity contribution in [2.24, 2.45) is 5.41 Å². The molecule has 0 fully saturated rings. The number of anilines is 1. The van der Waals surface area contributed by atoms with Crippen molar-refractivity contribution < 1.29 is 19.4 Å². The smallest absolute Gasteiger partial charge is 0.229 e. The van der Waals surface area contributed by atoms with E-state index in [4.69, 9.17) is 21.1 Å². The van der Waals surface area contributed by atoms with E-state index in [1.54, 1.807) is 36.4 Å². The van der Waals surface area contributed by atoms with Crippen molar-refractivity contribution in [1.29, 1.82) is 0 Å². The quantitative estimate of drug-likeness (QED) is 0.809. The minimum absolute atomic E-state index is 0.175. The summed E-state index contributed by atoms with van der Waals surface area (Å²) in [6.07, 6.45) is -1.03. The Morgan fingerprint density at radius 2 is 1.81 bits per heavy atom. The third kappa shape index (κ3) is 4.29.